The zero-order valence-corrected chi connectivity index (χ0v) is 21.6. The number of rotatable bonds is 11. The Morgan fingerprint density at radius 2 is 1.74 bits per heavy atom. The molecule has 1 aliphatic rings. The number of benzene rings is 2. The minimum Gasteiger partial charge on any atom is -0.454 e. The van der Waals surface area contributed by atoms with Crippen LogP contribution in [0.3, 0.4) is 0 Å². The number of hydrogen-bond acceptors (Lipinski definition) is 6. The third-order valence-corrected chi connectivity index (χ3v) is 7.62. The molecule has 0 fully saturated rings. The molecule has 0 bridgehead atoms. The van der Waals surface area contributed by atoms with E-state index in [4.69, 9.17) is 21.1 Å². The molecule has 2 aromatic rings. The summed E-state index contributed by atoms with van der Waals surface area (Å²) in [6.45, 7) is 5.20. The molecular formula is C24H30ClN3O6S. The fourth-order valence-corrected chi connectivity index (χ4v) is 4.94. The van der Waals surface area contributed by atoms with Gasteiger partial charge in [0, 0.05) is 24.2 Å². The highest BCUT2D eigenvalue weighted by Gasteiger charge is 2.32. The van der Waals surface area contributed by atoms with E-state index in [1.165, 1.54) is 17.9 Å². The number of sulfonamides is 1. The number of carbonyl (C=O) groups excluding carboxylic acids is 2. The van der Waals surface area contributed by atoms with Crippen molar-refractivity contribution in [2.45, 2.75) is 39.8 Å². The number of anilines is 1. The first-order valence-corrected chi connectivity index (χ1v) is 13.4. The molecule has 0 unspecified atom stereocenters. The predicted octanol–water partition coefficient (Wildman–Crippen LogP) is 3.17. The zero-order valence-electron chi connectivity index (χ0n) is 20.0. The minimum absolute atomic E-state index is 0.0395. The number of fused-ring (bicyclic) bond motifs is 1. The molecule has 2 aromatic carbocycles. The van der Waals surface area contributed by atoms with Gasteiger partial charge < -0.3 is 19.7 Å². The van der Waals surface area contributed by atoms with E-state index in [2.05, 4.69) is 5.32 Å². The lowest BCUT2D eigenvalue weighted by Gasteiger charge is -2.33. The van der Waals surface area contributed by atoms with Crippen LogP contribution in [0, 0.1) is 0 Å². The van der Waals surface area contributed by atoms with E-state index < -0.39 is 28.5 Å². The summed E-state index contributed by atoms with van der Waals surface area (Å²) in [5, 5.41) is 3.31. The van der Waals surface area contributed by atoms with Gasteiger partial charge in [-0.3, -0.25) is 13.9 Å². The molecule has 0 radical (unpaired) electrons. The van der Waals surface area contributed by atoms with Gasteiger partial charge in [-0.25, -0.2) is 8.42 Å². The maximum Gasteiger partial charge on any atom is 0.244 e. The molecule has 1 atom stereocenters. The fourth-order valence-electron chi connectivity index (χ4n) is 3.76. The number of nitrogens with zero attached hydrogens (tertiary/aromatic N) is 2. The van der Waals surface area contributed by atoms with Crippen LogP contribution >= 0.6 is 11.6 Å². The summed E-state index contributed by atoms with van der Waals surface area (Å²) in [6, 6.07) is 10.9. The average Bonchev–Trinajstić information content (AvgIpc) is 3.31. The Morgan fingerprint density at radius 3 is 2.37 bits per heavy atom. The first-order valence-electron chi connectivity index (χ1n) is 11.4. The van der Waals surface area contributed by atoms with E-state index in [-0.39, 0.29) is 30.7 Å². The quantitative estimate of drug-likeness (QED) is 0.485. The third kappa shape index (κ3) is 6.37. The summed E-state index contributed by atoms with van der Waals surface area (Å²) in [6.07, 6.45) is 0.357. The van der Waals surface area contributed by atoms with E-state index in [0.29, 0.717) is 29.5 Å². The van der Waals surface area contributed by atoms with Crippen LogP contribution < -0.4 is 19.1 Å². The van der Waals surface area contributed by atoms with Crippen molar-refractivity contribution in [2.24, 2.45) is 0 Å². The summed E-state index contributed by atoms with van der Waals surface area (Å²) in [5.41, 5.74) is 1.04. The molecule has 0 spiro atoms. The maximum atomic E-state index is 13.7. The van der Waals surface area contributed by atoms with E-state index in [1.54, 1.807) is 50.2 Å². The number of nitrogens with one attached hydrogen (secondary N) is 1. The highest BCUT2D eigenvalue weighted by molar-refractivity contribution is 7.92. The van der Waals surface area contributed by atoms with E-state index in [1.807, 2.05) is 0 Å². The normalized spacial score (nSPS) is 13.3. The highest BCUT2D eigenvalue weighted by atomic mass is 35.5. The Bertz CT molecular complexity index is 1160. The van der Waals surface area contributed by atoms with E-state index >= 15 is 0 Å². The lowest BCUT2D eigenvalue weighted by Crippen LogP contribution is -2.52. The second-order valence-corrected chi connectivity index (χ2v) is 10.5. The van der Waals surface area contributed by atoms with Crippen molar-refractivity contribution in [3.63, 3.8) is 0 Å². The van der Waals surface area contributed by atoms with Crippen molar-refractivity contribution in [3.05, 3.63) is 53.1 Å². The van der Waals surface area contributed by atoms with Crippen molar-refractivity contribution < 1.29 is 27.5 Å². The van der Waals surface area contributed by atoms with Gasteiger partial charge in [-0.05, 0) is 50.1 Å². The zero-order chi connectivity index (χ0) is 25.6. The summed E-state index contributed by atoms with van der Waals surface area (Å²) in [7, 11) is -3.83. The first kappa shape index (κ1) is 26.6. The van der Waals surface area contributed by atoms with Crippen LogP contribution in [0.1, 0.15) is 32.8 Å². The summed E-state index contributed by atoms with van der Waals surface area (Å²) in [4.78, 5) is 27.9. The van der Waals surface area contributed by atoms with Crippen LogP contribution in [0.4, 0.5) is 5.69 Å². The van der Waals surface area contributed by atoms with Gasteiger partial charge in [-0.1, -0.05) is 30.7 Å². The van der Waals surface area contributed by atoms with Gasteiger partial charge in [-0.2, -0.15) is 0 Å². The van der Waals surface area contributed by atoms with Crippen LogP contribution in [0.15, 0.2) is 42.5 Å². The van der Waals surface area contributed by atoms with Crippen molar-refractivity contribution in [1.82, 2.24) is 10.2 Å². The average molecular weight is 524 g/mol. The number of ether oxygens (including phenoxy) is 2. The maximum absolute atomic E-state index is 13.7. The summed E-state index contributed by atoms with van der Waals surface area (Å²) >= 11 is 6.00. The molecule has 0 aromatic heterocycles. The lowest BCUT2D eigenvalue weighted by molar-refractivity contribution is -0.140. The second kappa shape index (κ2) is 11.6. The van der Waals surface area contributed by atoms with Crippen LogP contribution in [-0.2, 0) is 26.2 Å². The molecule has 9 nitrogen and oxygen atoms in total. The largest absolute Gasteiger partial charge is 0.454 e. The lowest BCUT2D eigenvalue weighted by atomic mass is 10.1. The fraction of sp³-hybridized carbons (Fsp3) is 0.417. The highest BCUT2D eigenvalue weighted by Crippen LogP contribution is 2.36. The minimum atomic E-state index is -3.83. The van der Waals surface area contributed by atoms with Gasteiger partial charge in [0.05, 0.1) is 11.4 Å². The van der Waals surface area contributed by atoms with Crippen molar-refractivity contribution in [1.29, 1.82) is 0 Å². The Kier molecular flexibility index (Phi) is 8.85. The van der Waals surface area contributed by atoms with Crippen molar-refractivity contribution >= 4 is 39.1 Å². The number of carbonyl (C=O) groups is 2. The van der Waals surface area contributed by atoms with Crippen LogP contribution in [0.25, 0.3) is 0 Å². The Hall–Kier alpha value is -2.98. The molecule has 190 valence electrons. The molecule has 1 aliphatic heterocycles. The third-order valence-electron chi connectivity index (χ3n) is 5.63. The van der Waals surface area contributed by atoms with Crippen LogP contribution in [-0.4, -0.2) is 56.8 Å². The molecule has 2 amide bonds. The number of likely N-dealkylation sites (N-methyl/N-ethyl adjacent to an activating group) is 1. The second-order valence-electron chi connectivity index (χ2n) is 7.91. The molecule has 0 saturated carbocycles. The molecule has 0 saturated heterocycles. The molecular weight excluding hydrogens is 494 g/mol. The Balaban J connectivity index is 1.96. The molecule has 1 N–H and O–H groups in total. The van der Waals surface area contributed by atoms with Gasteiger partial charge in [-0.15, -0.1) is 0 Å². The molecule has 11 heteroatoms. The first-order chi connectivity index (χ1) is 16.7. The predicted molar refractivity (Wildman–Crippen MR) is 134 cm³/mol. The van der Waals surface area contributed by atoms with E-state index in [9.17, 15) is 18.0 Å². The molecule has 0 aliphatic carbocycles. The molecule has 35 heavy (non-hydrogen) atoms. The van der Waals surface area contributed by atoms with Crippen molar-refractivity contribution in [2.75, 3.05) is 29.9 Å². The van der Waals surface area contributed by atoms with Crippen LogP contribution in [0.5, 0.6) is 11.5 Å². The number of hydrogen-bond donors (Lipinski definition) is 1. The SMILES string of the molecule is CCNC(=O)[C@@H](CC)N(Cc1ccc(Cl)cc1)C(=O)CN(c1ccc2c(c1)OCO2)S(=O)(=O)CC. The smallest absolute Gasteiger partial charge is 0.244 e. The van der Waals surface area contributed by atoms with Gasteiger partial charge in [0.2, 0.25) is 28.6 Å². The number of halogens is 1. The van der Waals surface area contributed by atoms with Gasteiger partial charge >= 0.3 is 0 Å². The Labute approximate surface area is 211 Å². The molecule has 1 heterocycles. The monoisotopic (exact) mass is 523 g/mol. The van der Waals surface area contributed by atoms with Gasteiger partial charge in [0.15, 0.2) is 11.5 Å². The molecule has 3 rings (SSSR count). The van der Waals surface area contributed by atoms with Crippen molar-refractivity contribution in [3.8, 4) is 11.5 Å². The van der Waals surface area contributed by atoms with Crippen LogP contribution in [0.2, 0.25) is 5.02 Å². The Morgan fingerprint density at radius 1 is 1.06 bits per heavy atom. The standard InChI is InChI=1S/C24H30ClN3O6S/c1-4-20(24(30)26-5-2)27(14-17-7-9-18(25)10-8-17)23(29)15-28(35(31,32)6-3)19-11-12-21-22(13-19)34-16-33-21/h7-13,20H,4-6,14-16H2,1-3H3,(H,26,30)/t20-/m1/s1. The van der Waals surface area contributed by atoms with Gasteiger partial charge in [0.1, 0.15) is 12.6 Å². The summed E-state index contributed by atoms with van der Waals surface area (Å²) < 4.78 is 37.8. The van der Waals surface area contributed by atoms with Gasteiger partial charge in [0.25, 0.3) is 0 Å². The van der Waals surface area contributed by atoms with E-state index in [0.717, 1.165) is 9.87 Å². The summed E-state index contributed by atoms with van der Waals surface area (Å²) in [5.74, 6) is -0.115. The number of amides is 2. The topological polar surface area (TPSA) is 105 Å².